The molecule has 3 atom stereocenters. The number of pyridine rings is 1. The quantitative estimate of drug-likeness (QED) is 0.634. The largest absolute Gasteiger partial charge is 0.391 e. The van der Waals surface area contributed by atoms with E-state index >= 15 is 0 Å². The van der Waals surface area contributed by atoms with E-state index in [9.17, 15) is 27.5 Å². The van der Waals surface area contributed by atoms with Crippen LogP contribution < -0.4 is 10.2 Å². The summed E-state index contributed by atoms with van der Waals surface area (Å²) in [6.45, 7) is 0.511. The Morgan fingerprint density at radius 2 is 2.06 bits per heavy atom. The first-order valence-corrected chi connectivity index (χ1v) is 11.0. The third-order valence-electron chi connectivity index (χ3n) is 6.35. The third-order valence-corrected chi connectivity index (χ3v) is 6.66. The molecule has 1 amide bonds. The molecule has 10 heteroatoms. The number of hydrogen-bond donors (Lipinski definition) is 2. The van der Waals surface area contributed by atoms with E-state index in [1.807, 2.05) is 4.90 Å². The molecule has 2 N–H and O–H groups in total. The fraction of sp³-hybridized carbons (Fsp3) is 0.545. The lowest BCUT2D eigenvalue weighted by molar-refractivity contribution is -0.199. The lowest BCUT2D eigenvalue weighted by Crippen LogP contribution is -2.48. The van der Waals surface area contributed by atoms with Crippen LogP contribution in [0.5, 0.6) is 0 Å². The first kappa shape index (κ1) is 23.0. The van der Waals surface area contributed by atoms with Gasteiger partial charge >= 0.3 is 6.18 Å². The maximum atomic E-state index is 13.5. The maximum absolute atomic E-state index is 13.5. The second kappa shape index (κ2) is 8.67. The van der Waals surface area contributed by atoms with Crippen molar-refractivity contribution in [1.29, 1.82) is 0 Å². The molecule has 5 nitrogen and oxygen atoms in total. The van der Waals surface area contributed by atoms with Crippen LogP contribution in [0, 0.1) is 5.92 Å². The molecule has 1 aliphatic heterocycles. The van der Waals surface area contributed by atoms with Crippen LogP contribution in [0.1, 0.15) is 42.5 Å². The molecule has 0 radical (unpaired) electrons. The van der Waals surface area contributed by atoms with Crippen molar-refractivity contribution >= 4 is 34.2 Å². The van der Waals surface area contributed by atoms with Crippen molar-refractivity contribution in [2.24, 2.45) is 5.92 Å². The average molecular weight is 474 g/mol. The molecule has 174 valence electrons. The summed E-state index contributed by atoms with van der Waals surface area (Å²) in [6.07, 6.45) is -4.90. The number of halogens is 5. The van der Waals surface area contributed by atoms with Crippen molar-refractivity contribution < 1.29 is 27.5 Å². The van der Waals surface area contributed by atoms with Gasteiger partial charge in [-0.3, -0.25) is 4.79 Å². The molecule has 2 fully saturated rings. The highest BCUT2D eigenvalue weighted by Gasteiger charge is 2.47. The smallest absolute Gasteiger partial charge is 0.388 e. The number of rotatable bonds is 4. The molecule has 1 aliphatic carbocycles. The molecule has 0 bridgehead atoms. The molecule has 32 heavy (non-hydrogen) atoms. The number of benzene rings is 1. The van der Waals surface area contributed by atoms with Gasteiger partial charge in [-0.05, 0) is 56.4 Å². The molecule has 1 saturated heterocycles. The Morgan fingerprint density at radius 3 is 2.75 bits per heavy atom. The summed E-state index contributed by atoms with van der Waals surface area (Å²) in [4.78, 5) is 19.3. The molecule has 1 saturated carbocycles. The van der Waals surface area contributed by atoms with Gasteiger partial charge in [0, 0.05) is 18.5 Å². The van der Waals surface area contributed by atoms with Crippen molar-refractivity contribution in [3.63, 3.8) is 0 Å². The van der Waals surface area contributed by atoms with E-state index in [0.29, 0.717) is 29.7 Å². The number of aliphatic hydroxyl groups is 1. The summed E-state index contributed by atoms with van der Waals surface area (Å²) in [6, 6.07) is 6.55. The van der Waals surface area contributed by atoms with Gasteiger partial charge in [0.15, 0.2) is 0 Å². The highest BCUT2D eigenvalue weighted by molar-refractivity contribution is 6.35. The van der Waals surface area contributed by atoms with Gasteiger partial charge in [0.2, 0.25) is 0 Å². The Kier molecular flexibility index (Phi) is 6.24. The van der Waals surface area contributed by atoms with Crippen molar-refractivity contribution in [1.82, 2.24) is 10.3 Å². The van der Waals surface area contributed by atoms with Crippen LogP contribution in [0.25, 0.3) is 10.9 Å². The number of nitrogens with zero attached hydrogens (tertiary/aromatic N) is 2. The molecule has 2 aliphatic rings. The van der Waals surface area contributed by atoms with Gasteiger partial charge in [0.25, 0.3) is 5.91 Å². The first-order chi connectivity index (χ1) is 15.1. The van der Waals surface area contributed by atoms with E-state index < -0.39 is 36.2 Å². The molecular formula is C22H24ClF4N3O2. The van der Waals surface area contributed by atoms with E-state index in [2.05, 4.69) is 10.3 Å². The normalized spacial score (nSPS) is 26.5. The number of fused-ring (bicyclic) bond motifs is 1. The zero-order valence-electron chi connectivity index (χ0n) is 17.3. The lowest BCUT2D eigenvalue weighted by Gasteiger charge is -2.37. The van der Waals surface area contributed by atoms with E-state index in [1.54, 1.807) is 18.2 Å². The fourth-order valence-corrected chi connectivity index (χ4v) is 4.86. The topological polar surface area (TPSA) is 65.5 Å². The van der Waals surface area contributed by atoms with Gasteiger partial charge in [-0.1, -0.05) is 11.6 Å². The van der Waals surface area contributed by atoms with Gasteiger partial charge in [0.1, 0.15) is 12.0 Å². The number of carbonyl (C=O) groups excluding carboxylic acids is 1. The second-order valence-electron chi connectivity index (χ2n) is 8.73. The van der Waals surface area contributed by atoms with Gasteiger partial charge < -0.3 is 15.3 Å². The minimum absolute atomic E-state index is 0.0247. The van der Waals surface area contributed by atoms with Gasteiger partial charge in [-0.2, -0.15) is 13.2 Å². The van der Waals surface area contributed by atoms with Gasteiger partial charge in [0.05, 0.1) is 34.2 Å². The zero-order chi connectivity index (χ0) is 23.1. The monoisotopic (exact) mass is 473 g/mol. The number of alkyl halides is 4. The third kappa shape index (κ3) is 4.78. The molecule has 0 spiro atoms. The van der Waals surface area contributed by atoms with E-state index in [4.69, 9.17) is 11.6 Å². The van der Waals surface area contributed by atoms with Crippen LogP contribution in [0.15, 0.2) is 24.3 Å². The van der Waals surface area contributed by atoms with Crippen LogP contribution in [0.2, 0.25) is 5.02 Å². The standard InChI is InChI=1S/C22H24ClF4N3O2/c23-16-4-5-17-15(3-6-18(29-17)30-9-7-14(24)11-30)19(16)20(31)28-12-21(32)8-1-2-13(10-21)22(25,26)27/h3-6,13-14,32H,1-2,7-12H2,(H,28,31). The highest BCUT2D eigenvalue weighted by Crippen LogP contribution is 2.41. The van der Waals surface area contributed by atoms with Crippen LogP contribution in [-0.2, 0) is 0 Å². The Labute approximate surface area is 187 Å². The molecule has 2 heterocycles. The van der Waals surface area contributed by atoms with E-state index in [-0.39, 0.29) is 42.9 Å². The van der Waals surface area contributed by atoms with Crippen molar-refractivity contribution in [3.8, 4) is 0 Å². The summed E-state index contributed by atoms with van der Waals surface area (Å²) in [7, 11) is 0. The fourth-order valence-electron chi connectivity index (χ4n) is 4.61. The van der Waals surface area contributed by atoms with Crippen molar-refractivity contribution in [2.45, 2.75) is 50.1 Å². The average Bonchev–Trinajstić information content (AvgIpc) is 3.17. The van der Waals surface area contributed by atoms with Gasteiger partial charge in [-0.25, -0.2) is 9.37 Å². The number of anilines is 1. The first-order valence-electron chi connectivity index (χ1n) is 10.6. The molecule has 2 aromatic rings. The molecule has 1 aromatic heterocycles. The summed E-state index contributed by atoms with van der Waals surface area (Å²) in [5, 5.41) is 13.9. The number of aromatic nitrogens is 1. The summed E-state index contributed by atoms with van der Waals surface area (Å²) in [5.74, 6) is -1.58. The molecule has 3 unspecified atom stereocenters. The number of amides is 1. The Bertz CT molecular complexity index is 1020. The number of hydrogen-bond acceptors (Lipinski definition) is 4. The molecule has 1 aromatic carbocycles. The summed E-state index contributed by atoms with van der Waals surface area (Å²) >= 11 is 6.26. The van der Waals surface area contributed by atoms with Crippen LogP contribution in [0.3, 0.4) is 0 Å². The van der Waals surface area contributed by atoms with Crippen LogP contribution >= 0.6 is 11.6 Å². The minimum Gasteiger partial charge on any atom is -0.388 e. The van der Waals surface area contributed by atoms with E-state index in [0.717, 1.165) is 0 Å². The predicted molar refractivity (Wildman–Crippen MR) is 114 cm³/mol. The number of carbonyl (C=O) groups is 1. The zero-order valence-corrected chi connectivity index (χ0v) is 18.0. The lowest BCUT2D eigenvalue weighted by atomic mass is 9.77. The van der Waals surface area contributed by atoms with Crippen molar-refractivity contribution in [2.75, 3.05) is 24.5 Å². The Balaban J connectivity index is 1.52. The summed E-state index contributed by atoms with van der Waals surface area (Å²) in [5.41, 5.74) is -0.998. The molecule has 4 rings (SSSR count). The Morgan fingerprint density at radius 1 is 1.28 bits per heavy atom. The number of nitrogens with one attached hydrogen (secondary N) is 1. The SMILES string of the molecule is O=C(NCC1(O)CCCC(C(F)(F)F)C1)c1c(Cl)ccc2nc(N3CCC(F)C3)ccc12. The molecular weight excluding hydrogens is 450 g/mol. The maximum Gasteiger partial charge on any atom is 0.391 e. The minimum atomic E-state index is -4.38. The van der Waals surface area contributed by atoms with E-state index in [1.165, 1.54) is 6.07 Å². The highest BCUT2D eigenvalue weighted by atomic mass is 35.5. The van der Waals surface area contributed by atoms with Crippen LogP contribution in [-0.4, -0.2) is 53.6 Å². The van der Waals surface area contributed by atoms with Crippen molar-refractivity contribution in [3.05, 3.63) is 34.9 Å². The van der Waals surface area contributed by atoms with Crippen LogP contribution in [0.4, 0.5) is 23.4 Å². The second-order valence-corrected chi connectivity index (χ2v) is 9.14. The van der Waals surface area contributed by atoms with Gasteiger partial charge in [-0.15, -0.1) is 0 Å². The Hall–Kier alpha value is -2.13. The predicted octanol–water partition coefficient (Wildman–Crippen LogP) is 4.65. The summed E-state index contributed by atoms with van der Waals surface area (Å²) < 4.78 is 52.8.